The third kappa shape index (κ3) is 3.17. The van der Waals surface area contributed by atoms with Crippen LogP contribution in [0.1, 0.15) is 6.42 Å². The second kappa shape index (κ2) is 5.63. The second-order valence-electron chi connectivity index (χ2n) is 4.07. The summed E-state index contributed by atoms with van der Waals surface area (Å²) in [5.74, 6) is -0.705. The molecule has 1 aliphatic heterocycles. The summed E-state index contributed by atoms with van der Waals surface area (Å²) in [5, 5.41) is 9.16. The summed E-state index contributed by atoms with van der Waals surface area (Å²) in [4.78, 5) is 15.1. The number of rotatable bonds is 5. The van der Waals surface area contributed by atoms with Crippen molar-refractivity contribution in [3.8, 4) is 5.75 Å². The van der Waals surface area contributed by atoms with Gasteiger partial charge in [-0.1, -0.05) is 0 Å². The normalized spacial score (nSPS) is 21.1. The molecule has 1 fully saturated rings. The summed E-state index contributed by atoms with van der Waals surface area (Å²) in [6.07, 6.45) is 4.00. The molecule has 0 saturated carbocycles. The molecule has 1 N–H and O–H groups in total. The number of nitrogens with zero attached hydrogens (tertiary/aromatic N) is 1. The van der Waals surface area contributed by atoms with E-state index in [0.29, 0.717) is 19.0 Å². The molecule has 0 amide bonds. The van der Waals surface area contributed by atoms with Crippen LogP contribution in [0.5, 0.6) is 5.75 Å². The molecule has 2 heterocycles. The van der Waals surface area contributed by atoms with Gasteiger partial charge in [-0.15, -0.1) is 0 Å². The van der Waals surface area contributed by atoms with Crippen LogP contribution in [0, 0.1) is 11.8 Å². The van der Waals surface area contributed by atoms with Gasteiger partial charge in [0, 0.05) is 18.7 Å². The fourth-order valence-electron chi connectivity index (χ4n) is 1.90. The molecule has 0 aliphatic carbocycles. The zero-order valence-corrected chi connectivity index (χ0v) is 9.41. The highest BCUT2D eigenvalue weighted by Crippen LogP contribution is 2.23. The van der Waals surface area contributed by atoms with Crippen molar-refractivity contribution in [2.75, 3.05) is 19.8 Å². The van der Waals surface area contributed by atoms with E-state index in [2.05, 4.69) is 4.98 Å². The minimum absolute atomic E-state index is 0.0455. The Balaban J connectivity index is 1.92. The Labute approximate surface area is 99.4 Å². The van der Waals surface area contributed by atoms with Gasteiger partial charge in [-0.2, -0.15) is 0 Å². The summed E-state index contributed by atoms with van der Waals surface area (Å²) < 4.78 is 10.7. The molecule has 0 spiro atoms. The summed E-state index contributed by atoms with van der Waals surface area (Å²) in [5.41, 5.74) is 0. The zero-order valence-electron chi connectivity index (χ0n) is 9.41. The molecule has 0 radical (unpaired) electrons. The number of ether oxygens (including phenoxy) is 2. The van der Waals surface area contributed by atoms with Crippen molar-refractivity contribution in [3.05, 3.63) is 24.5 Å². The van der Waals surface area contributed by atoms with Crippen molar-refractivity contribution < 1.29 is 19.4 Å². The van der Waals surface area contributed by atoms with E-state index >= 15 is 0 Å². The number of hydrogen-bond donors (Lipinski definition) is 1. The van der Waals surface area contributed by atoms with Gasteiger partial charge in [0.25, 0.3) is 0 Å². The maximum atomic E-state index is 11.2. The van der Waals surface area contributed by atoms with Crippen LogP contribution in [0.4, 0.5) is 0 Å². The lowest BCUT2D eigenvalue weighted by Gasteiger charge is -2.18. The van der Waals surface area contributed by atoms with Crippen molar-refractivity contribution in [2.24, 2.45) is 11.8 Å². The minimum Gasteiger partial charge on any atom is -0.491 e. The lowest BCUT2D eigenvalue weighted by Crippen LogP contribution is -2.29. The Morgan fingerprint density at radius 2 is 2.59 bits per heavy atom. The quantitative estimate of drug-likeness (QED) is 0.833. The molecule has 0 aromatic carbocycles. The number of pyridine rings is 1. The van der Waals surface area contributed by atoms with Gasteiger partial charge < -0.3 is 14.6 Å². The van der Waals surface area contributed by atoms with Gasteiger partial charge in [-0.05, 0) is 18.6 Å². The fraction of sp³-hybridized carbons (Fsp3) is 0.500. The lowest BCUT2D eigenvalue weighted by molar-refractivity contribution is -0.145. The lowest BCUT2D eigenvalue weighted by atomic mass is 9.92. The zero-order chi connectivity index (χ0) is 12.1. The molecule has 5 nitrogen and oxygen atoms in total. The number of aromatic nitrogens is 1. The molecule has 2 rings (SSSR count). The topological polar surface area (TPSA) is 68.7 Å². The predicted molar refractivity (Wildman–Crippen MR) is 59.8 cm³/mol. The molecule has 92 valence electrons. The van der Waals surface area contributed by atoms with Gasteiger partial charge in [0.05, 0.1) is 18.7 Å². The first-order valence-electron chi connectivity index (χ1n) is 5.61. The summed E-state index contributed by atoms with van der Waals surface area (Å²) in [6, 6.07) is 3.51. The number of aliphatic carboxylic acids is 1. The van der Waals surface area contributed by atoms with E-state index in [9.17, 15) is 4.79 Å². The number of carboxylic acid groups (broad SMARTS) is 1. The average Bonchev–Trinajstić information content (AvgIpc) is 2.84. The maximum Gasteiger partial charge on any atom is 0.310 e. The third-order valence-electron chi connectivity index (χ3n) is 2.92. The van der Waals surface area contributed by atoms with Crippen molar-refractivity contribution in [1.29, 1.82) is 0 Å². The van der Waals surface area contributed by atoms with E-state index in [4.69, 9.17) is 14.6 Å². The fourth-order valence-corrected chi connectivity index (χ4v) is 1.90. The highest BCUT2D eigenvalue weighted by atomic mass is 16.5. The van der Waals surface area contributed by atoms with Crippen molar-refractivity contribution in [3.63, 3.8) is 0 Å². The minimum atomic E-state index is -0.829. The molecule has 2 unspecified atom stereocenters. The molecule has 1 aromatic rings. The van der Waals surface area contributed by atoms with Gasteiger partial charge in [0.15, 0.2) is 0 Å². The molecule has 1 aliphatic rings. The maximum absolute atomic E-state index is 11.2. The third-order valence-corrected chi connectivity index (χ3v) is 2.92. The molecule has 1 saturated heterocycles. The predicted octanol–water partition coefficient (Wildman–Crippen LogP) is 1.20. The van der Waals surface area contributed by atoms with E-state index in [1.165, 1.54) is 0 Å². The molecular formula is C12H15NO4. The second-order valence-corrected chi connectivity index (χ2v) is 4.07. The SMILES string of the molecule is O=C(O)C(COc1cccnc1)C1CCOC1. The van der Waals surface area contributed by atoms with Gasteiger partial charge in [0.2, 0.25) is 0 Å². The van der Waals surface area contributed by atoms with E-state index in [-0.39, 0.29) is 12.5 Å². The number of hydrogen-bond acceptors (Lipinski definition) is 4. The van der Waals surface area contributed by atoms with Crippen LogP contribution in [0.25, 0.3) is 0 Å². The van der Waals surface area contributed by atoms with Gasteiger partial charge >= 0.3 is 5.97 Å². The molecule has 5 heteroatoms. The van der Waals surface area contributed by atoms with Crippen molar-refractivity contribution in [2.45, 2.75) is 6.42 Å². The molecule has 2 atom stereocenters. The van der Waals surface area contributed by atoms with Crippen LogP contribution in [-0.2, 0) is 9.53 Å². The van der Waals surface area contributed by atoms with Gasteiger partial charge in [0.1, 0.15) is 12.4 Å². The first-order valence-corrected chi connectivity index (χ1v) is 5.61. The standard InChI is InChI=1S/C12H15NO4/c14-12(15)11(9-3-5-16-7-9)8-17-10-2-1-4-13-6-10/h1-2,4,6,9,11H,3,5,7-8H2,(H,14,15). The average molecular weight is 237 g/mol. The summed E-state index contributed by atoms with van der Waals surface area (Å²) in [6.45, 7) is 1.31. The Morgan fingerprint density at radius 1 is 1.71 bits per heavy atom. The van der Waals surface area contributed by atoms with E-state index in [1.54, 1.807) is 24.5 Å². The monoisotopic (exact) mass is 237 g/mol. The van der Waals surface area contributed by atoms with Crippen molar-refractivity contribution >= 4 is 5.97 Å². The highest BCUT2D eigenvalue weighted by Gasteiger charge is 2.31. The van der Waals surface area contributed by atoms with Gasteiger partial charge in [-0.25, -0.2) is 0 Å². The molecular weight excluding hydrogens is 222 g/mol. The molecule has 17 heavy (non-hydrogen) atoms. The summed E-state index contributed by atoms with van der Waals surface area (Å²) >= 11 is 0. The largest absolute Gasteiger partial charge is 0.491 e. The Kier molecular flexibility index (Phi) is 3.93. The summed E-state index contributed by atoms with van der Waals surface area (Å²) in [7, 11) is 0. The van der Waals surface area contributed by atoms with Crippen LogP contribution >= 0.6 is 0 Å². The van der Waals surface area contributed by atoms with Gasteiger partial charge in [-0.3, -0.25) is 9.78 Å². The first kappa shape index (κ1) is 11.9. The Morgan fingerprint density at radius 3 is 3.18 bits per heavy atom. The Bertz CT molecular complexity index is 362. The van der Waals surface area contributed by atoms with Crippen LogP contribution < -0.4 is 4.74 Å². The first-order chi connectivity index (χ1) is 8.27. The van der Waals surface area contributed by atoms with Crippen LogP contribution in [-0.4, -0.2) is 35.9 Å². The van der Waals surface area contributed by atoms with Crippen LogP contribution in [0.3, 0.4) is 0 Å². The highest BCUT2D eigenvalue weighted by molar-refractivity contribution is 5.70. The molecule has 1 aromatic heterocycles. The number of carboxylic acids is 1. The number of carbonyl (C=O) groups is 1. The van der Waals surface area contributed by atoms with Crippen molar-refractivity contribution in [1.82, 2.24) is 4.98 Å². The van der Waals surface area contributed by atoms with E-state index in [0.717, 1.165) is 6.42 Å². The molecule has 0 bridgehead atoms. The van der Waals surface area contributed by atoms with E-state index < -0.39 is 11.9 Å². The van der Waals surface area contributed by atoms with Crippen LogP contribution in [0.2, 0.25) is 0 Å². The van der Waals surface area contributed by atoms with E-state index in [1.807, 2.05) is 0 Å². The van der Waals surface area contributed by atoms with Crippen LogP contribution in [0.15, 0.2) is 24.5 Å². The Hall–Kier alpha value is -1.62. The smallest absolute Gasteiger partial charge is 0.310 e.